The third-order valence-corrected chi connectivity index (χ3v) is 9.81. The molecule has 8 rings (SSSR count). The van der Waals surface area contributed by atoms with Crippen LogP contribution in [0.1, 0.15) is 22.3 Å². The van der Waals surface area contributed by atoms with Crippen LogP contribution in [0.4, 0.5) is 0 Å². The molecule has 0 radical (unpaired) electrons. The maximum Gasteiger partial charge on any atom is 0.243 e. The standard InChI is InChI=1S/C40H36N6O4/c47-37-31(18-23-10-3-1-4-11-23)43-39(49)33(45-37)20-25-22-41-35-26(25)15-9-16-28(35)36-29(27-14-7-8-17-30(27)42-36)21-34-40(50)44-32(38(48)46-34)19-24-12-5-2-6-13-24/h1-17,22,31-34,41-42H,18-21H2,(H,43,49)(H,44,50)(H,45,47)(H,46,48). The number of nitrogens with one attached hydrogen (secondary N) is 6. The first-order chi connectivity index (χ1) is 24.4. The molecule has 0 bridgehead atoms. The molecule has 4 atom stereocenters. The molecular weight excluding hydrogens is 628 g/mol. The van der Waals surface area contributed by atoms with Crippen molar-refractivity contribution >= 4 is 45.4 Å². The van der Waals surface area contributed by atoms with Gasteiger partial charge in [0.25, 0.3) is 0 Å². The summed E-state index contributed by atoms with van der Waals surface area (Å²) < 4.78 is 0. The minimum Gasteiger partial charge on any atom is -0.360 e. The number of hydrogen-bond acceptors (Lipinski definition) is 4. The second-order valence-corrected chi connectivity index (χ2v) is 13.1. The Hall–Kier alpha value is -6.16. The summed E-state index contributed by atoms with van der Waals surface area (Å²) in [5, 5.41) is 13.7. The second-order valence-electron chi connectivity index (χ2n) is 13.1. The van der Waals surface area contributed by atoms with Crippen LogP contribution in [0, 0.1) is 0 Å². The number of amides is 4. The largest absolute Gasteiger partial charge is 0.360 e. The average molecular weight is 665 g/mol. The minimum absolute atomic E-state index is 0.202. The fraction of sp³-hybridized carbons (Fsp3) is 0.200. The molecule has 4 amide bonds. The van der Waals surface area contributed by atoms with Gasteiger partial charge >= 0.3 is 0 Å². The number of carbonyl (C=O) groups is 4. The molecule has 10 nitrogen and oxygen atoms in total. The Labute approximate surface area is 288 Å². The zero-order valence-electron chi connectivity index (χ0n) is 27.2. The molecule has 2 aromatic heterocycles. The number of aromatic nitrogens is 2. The molecule has 4 heterocycles. The fourth-order valence-corrected chi connectivity index (χ4v) is 7.28. The van der Waals surface area contributed by atoms with Crippen molar-refractivity contribution in [1.29, 1.82) is 0 Å². The molecule has 250 valence electrons. The van der Waals surface area contributed by atoms with Crippen molar-refractivity contribution in [2.45, 2.75) is 49.9 Å². The van der Waals surface area contributed by atoms with Crippen LogP contribution in [0.3, 0.4) is 0 Å². The van der Waals surface area contributed by atoms with Crippen LogP contribution in [0.5, 0.6) is 0 Å². The highest BCUT2D eigenvalue weighted by Gasteiger charge is 2.36. The Morgan fingerprint density at radius 2 is 0.980 bits per heavy atom. The van der Waals surface area contributed by atoms with E-state index in [1.165, 1.54) is 0 Å². The predicted molar refractivity (Wildman–Crippen MR) is 191 cm³/mol. The van der Waals surface area contributed by atoms with Gasteiger partial charge in [0.05, 0.1) is 11.2 Å². The Morgan fingerprint density at radius 1 is 0.480 bits per heavy atom. The molecule has 6 N–H and O–H groups in total. The van der Waals surface area contributed by atoms with Crippen molar-refractivity contribution in [3.8, 4) is 11.3 Å². The van der Waals surface area contributed by atoms with Gasteiger partial charge < -0.3 is 31.2 Å². The minimum atomic E-state index is -0.745. The Morgan fingerprint density at radius 3 is 1.58 bits per heavy atom. The normalized spacial score (nSPS) is 20.7. The molecule has 10 heteroatoms. The van der Waals surface area contributed by atoms with Gasteiger partial charge in [-0.1, -0.05) is 97.1 Å². The van der Waals surface area contributed by atoms with E-state index in [0.717, 1.165) is 55.3 Å². The van der Waals surface area contributed by atoms with Crippen LogP contribution in [-0.4, -0.2) is 57.8 Å². The quantitative estimate of drug-likeness (QED) is 0.139. The van der Waals surface area contributed by atoms with Crippen molar-refractivity contribution in [2.24, 2.45) is 0 Å². The van der Waals surface area contributed by atoms with Crippen molar-refractivity contribution < 1.29 is 19.2 Å². The summed E-state index contributed by atoms with van der Waals surface area (Å²) in [6, 6.07) is 30.4. The van der Waals surface area contributed by atoms with E-state index in [1.54, 1.807) is 0 Å². The number of H-pyrrole nitrogens is 2. The molecule has 2 aliphatic rings. The lowest BCUT2D eigenvalue weighted by molar-refractivity contribution is -0.136. The second kappa shape index (κ2) is 13.0. The monoisotopic (exact) mass is 664 g/mol. The molecule has 50 heavy (non-hydrogen) atoms. The smallest absolute Gasteiger partial charge is 0.243 e. The van der Waals surface area contributed by atoms with E-state index in [0.29, 0.717) is 19.3 Å². The van der Waals surface area contributed by atoms with E-state index < -0.39 is 24.2 Å². The summed E-state index contributed by atoms with van der Waals surface area (Å²) in [4.78, 5) is 59.8. The van der Waals surface area contributed by atoms with Crippen LogP contribution in [0.15, 0.2) is 109 Å². The van der Waals surface area contributed by atoms with Gasteiger partial charge in [0.1, 0.15) is 24.2 Å². The Bertz CT molecular complexity index is 2240. The molecule has 2 aliphatic heterocycles. The zero-order valence-corrected chi connectivity index (χ0v) is 27.2. The highest BCUT2D eigenvalue weighted by molar-refractivity contribution is 6.03. The van der Waals surface area contributed by atoms with E-state index in [4.69, 9.17) is 0 Å². The maximum absolute atomic E-state index is 13.4. The first-order valence-electron chi connectivity index (χ1n) is 16.9. The molecule has 6 aromatic rings. The van der Waals surface area contributed by atoms with Crippen molar-refractivity contribution in [1.82, 2.24) is 31.2 Å². The number of rotatable bonds is 9. The highest BCUT2D eigenvalue weighted by atomic mass is 16.2. The van der Waals surface area contributed by atoms with Crippen LogP contribution in [-0.2, 0) is 44.9 Å². The summed E-state index contributed by atoms with van der Waals surface area (Å²) in [6.45, 7) is 0. The average Bonchev–Trinajstić information content (AvgIpc) is 3.71. The van der Waals surface area contributed by atoms with Gasteiger partial charge in [-0.25, -0.2) is 0 Å². The summed E-state index contributed by atoms with van der Waals surface area (Å²) in [7, 11) is 0. The van der Waals surface area contributed by atoms with Gasteiger partial charge in [-0.05, 0) is 28.3 Å². The summed E-state index contributed by atoms with van der Waals surface area (Å²) in [5.41, 5.74) is 7.26. The molecule has 0 saturated carbocycles. The van der Waals surface area contributed by atoms with Gasteiger partial charge in [0.15, 0.2) is 0 Å². The maximum atomic E-state index is 13.4. The van der Waals surface area contributed by atoms with Gasteiger partial charge in [0, 0.05) is 53.7 Å². The first-order valence-corrected chi connectivity index (χ1v) is 16.9. The van der Waals surface area contributed by atoms with Gasteiger partial charge in [0.2, 0.25) is 23.6 Å². The van der Waals surface area contributed by atoms with Gasteiger partial charge in [-0.2, -0.15) is 0 Å². The number of carbonyl (C=O) groups excluding carboxylic acids is 4. The van der Waals surface area contributed by atoms with E-state index in [9.17, 15) is 19.2 Å². The highest BCUT2D eigenvalue weighted by Crippen LogP contribution is 2.36. The molecular formula is C40H36N6O4. The van der Waals surface area contributed by atoms with Crippen LogP contribution < -0.4 is 21.3 Å². The fourth-order valence-electron chi connectivity index (χ4n) is 7.28. The van der Waals surface area contributed by atoms with Gasteiger partial charge in [-0.3, -0.25) is 19.2 Å². The number of piperazine rings is 2. The third kappa shape index (κ3) is 6.00. The Kier molecular flexibility index (Phi) is 8.12. The third-order valence-electron chi connectivity index (χ3n) is 9.81. The summed E-state index contributed by atoms with van der Waals surface area (Å²) in [6.07, 6.45) is 3.33. The van der Waals surface area contributed by atoms with Crippen molar-refractivity contribution in [2.75, 3.05) is 0 Å². The Balaban J connectivity index is 1.04. The molecule has 2 saturated heterocycles. The SMILES string of the molecule is O=C1NC(Cc2c(-c3cccc4c(CC5NC(=O)C(Cc6ccccc6)NC5=O)c[nH]c34)[nH]c3ccccc23)C(=O)NC1Cc1ccccc1. The van der Waals surface area contributed by atoms with Crippen LogP contribution in [0.2, 0.25) is 0 Å². The number of benzene rings is 4. The lowest BCUT2D eigenvalue weighted by Gasteiger charge is -2.30. The van der Waals surface area contributed by atoms with Crippen molar-refractivity contribution in [3.63, 3.8) is 0 Å². The molecule has 2 fully saturated rings. The summed E-state index contributed by atoms with van der Waals surface area (Å²) >= 11 is 0. The molecule has 0 aliphatic carbocycles. The first kappa shape index (κ1) is 31.1. The van der Waals surface area contributed by atoms with Crippen LogP contribution in [0.25, 0.3) is 33.1 Å². The predicted octanol–water partition coefficient (Wildman–Crippen LogP) is 3.85. The van der Waals surface area contributed by atoms with E-state index in [-0.39, 0.29) is 30.0 Å². The number of hydrogen-bond donors (Lipinski definition) is 6. The number of aromatic amines is 2. The van der Waals surface area contributed by atoms with E-state index >= 15 is 0 Å². The topological polar surface area (TPSA) is 148 Å². The summed E-state index contributed by atoms with van der Waals surface area (Å²) in [5.74, 6) is -0.846. The van der Waals surface area contributed by atoms with Gasteiger partial charge in [-0.15, -0.1) is 0 Å². The van der Waals surface area contributed by atoms with E-state index in [1.807, 2.05) is 109 Å². The lowest BCUT2D eigenvalue weighted by atomic mass is 9.94. The van der Waals surface area contributed by atoms with Crippen molar-refractivity contribution in [3.05, 3.63) is 132 Å². The molecule has 0 spiro atoms. The number of fused-ring (bicyclic) bond motifs is 2. The van der Waals surface area contributed by atoms with E-state index in [2.05, 4.69) is 31.2 Å². The molecule has 4 aromatic carbocycles. The zero-order chi connectivity index (χ0) is 34.2. The molecule has 4 unspecified atom stereocenters. The van der Waals surface area contributed by atoms with Crippen LogP contribution >= 0.6 is 0 Å². The lowest BCUT2D eigenvalue weighted by Crippen LogP contribution is -2.62. The number of para-hydroxylation sites is 2.